The van der Waals surface area contributed by atoms with Gasteiger partial charge in [0.25, 0.3) is 6.41 Å². The van der Waals surface area contributed by atoms with Gasteiger partial charge in [-0.3, -0.25) is 5.73 Å². The molecule has 6 nitrogen and oxygen atoms in total. The summed E-state index contributed by atoms with van der Waals surface area (Å²) in [7, 11) is 0. The van der Waals surface area contributed by atoms with E-state index < -0.39 is 6.41 Å². The van der Waals surface area contributed by atoms with Gasteiger partial charge in [-0.1, -0.05) is 0 Å². The molecular weight excluding hydrogens is 139 g/mol. The van der Waals surface area contributed by atoms with E-state index in [4.69, 9.17) is 5.73 Å². The lowest BCUT2D eigenvalue weighted by atomic mass is 11.2. The molecule has 0 atom stereocenters. The fourth-order valence-electron chi connectivity index (χ4n) is 0.164. The number of rotatable bonds is 0. The number of nitrogens with one attached hydrogen (secondary N) is 1. The van der Waals surface area contributed by atoms with Crippen LogP contribution >= 0.6 is 12.4 Å². The van der Waals surface area contributed by atoms with E-state index in [0.29, 0.717) is 0 Å². The Balaban J connectivity index is 0.000000490. The molecule has 1 aliphatic rings. The monoisotopic (exact) mass is 144 g/mol. The zero-order valence-electron chi connectivity index (χ0n) is 3.70. The zero-order valence-corrected chi connectivity index (χ0v) is 4.51. The van der Waals surface area contributed by atoms with Crippen LogP contribution in [0.5, 0.6) is 0 Å². The summed E-state index contributed by atoms with van der Waals surface area (Å²) in [4.78, 5) is 16.1. The first kappa shape index (κ1) is 8.05. The minimum Gasteiger partial charge on any atom is -0.278 e. The van der Waals surface area contributed by atoms with Gasteiger partial charge in [0.15, 0.2) is 0 Å². The Morgan fingerprint density at radius 1 is 1.25 bits per heavy atom. The van der Waals surface area contributed by atoms with E-state index in [1.165, 1.54) is 0 Å². The Labute approximate surface area is 51.0 Å². The highest BCUT2D eigenvalue weighted by atomic mass is 35.5. The van der Waals surface area contributed by atoms with Crippen LogP contribution in [0.2, 0.25) is 0 Å². The first-order chi connectivity index (χ1) is 3.39. The molecule has 8 heavy (non-hydrogen) atoms. The van der Waals surface area contributed by atoms with Crippen molar-refractivity contribution in [2.24, 2.45) is 5.73 Å². The van der Waals surface area contributed by atoms with E-state index in [1.54, 1.807) is 5.64 Å². The molecule has 0 saturated carbocycles. The van der Waals surface area contributed by atoms with Gasteiger partial charge in [-0.05, 0) is 5.64 Å². The van der Waals surface area contributed by atoms with Gasteiger partial charge in [-0.15, -0.1) is 22.4 Å². The highest BCUT2D eigenvalue weighted by molar-refractivity contribution is 5.85. The first-order valence-electron chi connectivity index (χ1n) is 1.55. The highest BCUT2D eigenvalue weighted by Crippen LogP contribution is 1.90. The maximum Gasteiger partial charge on any atom is 0.279 e. The Kier molecular flexibility index (Phi) is 4.01. The standard InChI is InChI=1S/CH4N2O4.ClH/c2-1-4-6-3-7-5-1;/h1,3H,2H2;1H. The summed E-state index contributed by atoms with van der Waals surface area (Å²) in [6.07, 6.45) is -0.971. The molecule has 50 valence electrons. The number of hydrogen-bond acceptors (Lipinski definition) is 6. The molecule has 1 fully saturated rings. The van der Waals surface area contributed by atoms with Gasteiger partial charge in [-0.2, -0.15) is 9.78 Å². The lowest BCUT2D eigenvalue weighted by Gasteiger charge is -2.14. The molecule has 0 aromatic heterocycles. The lowest BCUT2D eigenvalue weighted by Crippen LogP contribution is -2.37. The van der Waals surface area contributed by atoms with Gasteiger partial charge >= 0.3 is 0 Å². The minimum absolute atomic E-state index is 0. The zero-order chi connectivity index (χ0) is 5.11. The molecule has 0 radical (unpaired) electrons. The summed E-state index contributed by atoms with van der Waals surface area (Å²) >= 11 is 0. The molecule has 0 spiro atoms. The van der Waals surface area contributed by atoms with Crippen LogP contribution in [-0.4, -0.2) is 6.41 Å². The van der Waals surface area contributed by atoms with Crippen LogP contribution in [0.3, 0.4) is 0 Å². The molecule has 0 unspecified atom stereocenters. The maximum absolute atomic E-state index is 4.90. The quantitative estimate of drug-likeness (QED) is 0.424. The van der Waals surface area contributed by atoms with Crippen molar-refractivity contribution < 1.29 is 19.8 Å². The number of hydrogen-bond donors (Lipinski definition) is 2. The van der Waals surface area contributed by atoms with Crippen LogP contribution < -0.4 is 11.4 Å². The van der Waals surface area contributed by atoms with Crippen LogP contribution in [0.25, 0.3) is 0 Å². The first-order valence-corrected chi connectivity index (χ1v) is 1.55. The molecule has 0 bridgehead atoms. The summed E-state index contributed by atoms with van der Waals surface area (Å²) in [6.45, 7) is 0. The average molecular weight is 145 g/mol. The third-order valence-corrected chi connectivity index (χ3v) is 0.354. The Morgan fingerprint density at radius 2 is 1.75 bits per heavy atom. The van der Waals surface area contributed by atoms with Gasteiger partial charge in [0.05, 0.1) is 0 Å². The predicted octanol–water partition coefficient (Wildman–Crippen LogP) is -1.02. The molecule has 1 rings (SSSR count). The Bertz CT molecular complexity index is 56.0. The highest BCUT2D eigenvalue weighted by Gasteiger charge is 2.09. The van der Waals surface area contributed by atoms with Crippen molar-refractivity contribution in [1.82, 2.24) is 5.64 Å². The number of halogens is 1. The summed E-state index contributed by atoms with van der Waals surface area (Å²) in [5.74, 6) is 0. The fourth-order valence-corrected chi connectivity index (χ4v) is 0.164. The van der Waals surface area contributed by atoms with Crippen molar-refractivity contribution in [3.63, 3.8) is 0 Å². The van der Waals surface area contributed by atoms with Gasteiger partial charge in [0, 0.05) is 0 Å². The van der Waals surface area contributed by atoms with Gasteiger partial charge in [0.2, 0.25) is 0 Å². The molecule has 3 N–H and O–H groups in total. The van der Waals surface area contributed by atoms with Crippen molar-refractivity contribution in [3.8, 4) is 0 Å². The Hall–Kier alpha value is 0.0500. The van der Waals surface area contributed by atoms with Crippen molar-refractivity contribution in [2.75, 3.05) is 0 Å². The van der Waals surface area contributed by atoms with Gasteiger partial charge < -0.3 is 0 Å². The summed E-state index contributed by atoms with van der Waals surface area (Å²) < 4.78 is 0. The molecule has 1 saturated heterocycles. The SMILES string of the molecule is Cl.NC1OONOO1. The van der Waals surface area contributed by atoms with E-state index in [2.05, 4.69) is 19.8 Å². The maximum atomic E-state index is 4.90. The average Bonchev–Trinajstić information content (AvgIpc) is 1.69. The third kappa shape index (κ3) is 2.38. The molecule has 7 heteroatoms. The van der Waals surface area contributed by atoms with Crippen LogP contribution in [-0.2, 0) is 19.8 Å². The van der Waals surface area contributed by atoms with Crippen LogP contribution in [0, 0.1) is 0 Å². The minimum atomic E-state index is -0.971. The van der Waals surface area contributed by atoms with Crippen LogP contribution in [0.4, 0.5) is 0 Å². The normalized spacial score (nSPS) is 22.1. The van der Waals surface area contributed by atoms with Crippen molar-refractivity contribution in [3.05, 3.63) is 0 Å². The second-order valence-corrected chi connectivity index (χ2v) is 0.811. The number of nitrogens with two attached hydrogens (primary N) is 1. The molecule has 1 heterocycles. The second kappa shape index (κ2) is 3.98. The van der Waals surface area contributed by atoms with Crippen molar-refractivity contribution in [1.29, 1.82) is 0 Å². The van der Waals surface area contributed by atoms with Crippen molar-refractivity contribution in [2.45, 2.75) is 6.41 Å². The molecule has 0 aromatic rings. The van der Waals surface area contributed by atoms with Gasteiger partial charge in [0.1, 0.15) is 0 Å². The lowest BCUT2D eigenvalue weighted by molar-refractivity contribution is -0.608. The summed E-state index contributed by atoms with van der Waals surface area (Å²) in [5, 5.41) is 0. The van der Waals surface area contributed by atoms with Crippen molar-refractivity contribution >= 4 is 12.4 Å². The topological polar surface area (TPSA) is 75.0 Å². The smallest absolute Gasteiger partial charge is 0.278 e. The summed E-state index contributed by atoms with van der Waals surface area (Å²) in [5.41, 5.74) is 6.69. The van der Waals surface area contributed by atoms with Crippen LogP contribution in [0.15, 0.2) is 0 Å². The molecule has 0 amide bonds. The predicted molar refractivity (Wildman–Crippen MR) is 22.7 cm³/mol. The molecule has 1 aliphatic heterocycles. The van der Waals surface area contributed by atoms with E-state index in [1.807, 2.05) is 0 Å². The Morgan fingerprint density at radius 3 is 2.00 bits per heavy atom. The van der Waals surface area contributed by atoms with E-state index in [-0.39, 0.29) is 12.4 Å². The molecule has 0 aromatic carbocycles. The molecular formula is CH5ClN2O4. The second-order valence-electron chi connectivity index (χ2n) is 0.811. The summed E-state index contributed by atoms with van der Waals surface area (Å²) in [6, 6.07) is 0. The molecule has 0 aliphatic carbocycles. The largest absolute Gasteiger partial charge is 0.279 e. The van der Waals surface area contributed by atoms with Crippen LogP contribution in [0.1, 0.15) is 0 Å². The van der Waals surface area contributed by atoms with E-state index >= 15 is 0 Å². The fraction of sp³-hybridized carbons (Fsp3) is 1.00. The van der Waals surface area contributed by atoms with E-state index in [9.17, 15) is 0 Å². The van der Waals surface area contributed by atoms with E-state index in [0.717, 1.165) is 0 Å². The third-order valence-electron chi connectivity index (χ3n) is 0.354. The van der Waals surface area contributed by atoms with Gasteiger partial charge in [-0.25, -0.2) is 0 Å².